The average molecular weight is 240 g/mol. The molecule has 0 aliphatic heterocycles. The molecule has 3 nitrogen and oxygen atoms in total. The van der Waals surface area contributed by atoms with Crippen LogP contribution in [-0.4, -0.2) is 12.2 Å². The van der Waals surface area contributed by atoms with Crippen molar-refractivity contribution in [2.75, 3.05) is 6.61 Å². The van der Waals surface area contributed by atoms with E-state index >= 15 is 0 Å². The predicted octanol–water partition coefficient (Wildman–Crippen LogP) is 2.54. The summed E-state index contributed by atoms with van der Waals surface area (Å²) in [6, 6.07) is 6.25. The third kappa shape index (κ3) is 3.03. The highest BCUT2D eigenvalue weighted by Gasteiger charge is 2.35. The van der Waals surface area contributed by atoms with Crippen LogP contribution in [0.15, 0.2) is 24.3 Å². The molecule has 0 aliphatic carbocycles. The van der Waals surface area contributed by atoms with Crippen LogP contribution in [-0.2, 0) is 4.74 Å². The van der Waals surface area contributed by atoms with Crippen molar-refractivity contribution < 1.29 is 9.13 Å². The molecule has 0 aromatic heterocycles. The molecule has 4 heteroatoms. The standard InChI is InChI=1S/C13H21FN2O/c1-4-13(3,17-5-2)12(16-15)10-8-6-7-9-11(10)14/h6-9,12,16H,4-5,15H2,1-3H3. The predicted molar refractivity (Wildman–Crippen MR) is 66.8 cm³/mol. The van der Waals surface area contributed by atoms with E-state index in [9.17, 15) is 4.39 Å². The molecule has 0 aliphatic rings. The van der Waals surface area contributed by atoms with E-state index in [-0.39, 0.29) is 11.9 Å². The van der Waals surface area contributed by atoms with Crippen LogP contribution in [0.1, 0.15) is 38.8 Å². The van der Waals surface area contributed by atoms with Crippen molar-refractivity contribution in [2.24, 2.45) is 5.84 Å². The van der Waals surface area contributed by atoms with Gasteiger partial charge in [-0.05, 0) is 26.3 Å². The van der Waals surface area contributed by atoms with E-state index in [1.54, 1.807) is 18.2 Å². The molecule has 96 valence electrons. The molecule has 0 heterocycles. The first kappa shape index (κ1) is 14.1. The molecule has 0 amide bonds. The molecule has 0 saturated carbocycles. The van der Waals surface area contributed by atoms with Gasteiger partial charge in [0, 0.05) is 12.2 Å². The summed E-state index contributed by atoms with van der Waals surface area (Å²) in [5.74, 6) is 5.30. The van der Waals surface area contributed by atoms with Gasteiger partial charge in [-0.15, -0.1) is 0 Å². The lowest BCUT2D eigenvalue weighted by Gasteiger charge is -2.36. The number of hydrogen-bond acceptors (Lipinski definition) is 3. The molecule has 17 heavy (non-hydrogen) atoms. The summed E-state index contributed by atoms with van der Waals surface area (Å²) >= 11 is 0. The van der Waals surface area contributed by atoms with Gasteiger partial charge in [0.25, 0.3) is 0 Å². The molecule has 1 rings (SSSR count). The minimum atomic E-state index is -0.522. The Hall–Kier alpha value is -0.970. The minimum Gasteiger partial charge on any atom is -0.374 e. The van der Waals surface area contributed by atoms with Gasteiger partial charge in [-0.25, -0.2) is 9.82 Å². The summed E-state index contributed by atoms with van der Waals surface area (Å²) in [6.07, 6.45) is 0.740. The number of nitrogens with two attached hydrogens (primary N) is 1. The van der Waals surface area contributed by atoms with Gasteiger partial charge in [0.2, 0.25) is 0 Å². The van der Waals surface area contributed by atoms with Crippen LogP contribution < -0.4 is 11.3 Å². The van der Waals surface area contributed by atoms with Crippen molar-refractivity contribution in [3.05, 3.63) is 35.6 Å². The number of nitrogens with one attached hydrogen (secondary N) is 1. The normalized spacial score (nSPS) is 16.5. The highest BCUT2D eigenvalue weighted by Crippen LogP contribution is 2.32. The summed E-state index contributed by atoms with van der Waals surface area (Å²) in [6.45, 7) is 6.42. The Kier molecular flexibility index (Phi) is 5.05. The fourth-order valence-corrected chi connectivity index (χ4v) is 2.02. The Morgan fingerprint density at radius 3 is 2.53 bits per heavy atom. The quantitative estimate of drug-likeness (QED) is 0.593. The molecule has 2 unspecified atom stereocenters. The van der Waals surface area contributed by atoms with Crippen LogP contribution in [0, 0.1) is 5.82 Å². The summed E-state index contributed by atoms with van der Waals surface area (Å²) in [5, 5.41) is 0. The van der Waals surface area contributed by atoms with Crippen LogP contribution in [0.25, 0.3) is 0 Å². The Balaban J connectivity index is 3.09. The van der Waals surface area contributed by atoms with Crippen LogP contribution in [0.5, 0.6) is 0 Å². The first-order valence-corrected chi connectivity index (χ1v) is 5.93. The number of ether oxygens (including phenoxy) is 1. The van der Waals surface area contributed by atoms with Gasteiger partial charge in [-0.2, -0.15) is 0 Å². The van der Waals surface area contributed by atoms with Crippen LogP contribution in [0.3, 0.4) is 0 Å². The van der Waals surface area contributed by atoms with Gasteiger partial charge in [0.1, 0.15) is 5.82 Å². The van der Waals surface area contributed by atoms with Crippen molar-refractivity contribution in [3.63, 3.8) is 0 Å². The molecule has 0 radical (unpaired) electrons. The minimum absolute atomic E-state index is 0.269. The highest BCUT2D eigenvalue weighted by atomic mass is 19.1. The summed E-state index contributed by atoms with van der Waals surface area (Å²) in [4.78, 5) is 0. The topological polar surface area (TPSA) is 47.3 Å². The third-order valence-corrected chi connectivity index (χ3v) is 3.17. The maximum absolute atomic E-state index is 13.8. The molecule has 0 saturated heterocycles. The molecule has 1 aromatic rings. The van der Waals surface area contributed by atoms with Gasteiger partial charge in [-0.3, -0.25) is 5.84 Å². The zero-order chi connectivity index (χ0) is 12.9. The lowest BCUT2D eigenvalue weighted by molar-refractivity contribution is -0.0571. The molecular formula is C13H21FN2O. The third-order valence-electron chi connectivity index (χ3n) is 3.17. The molecular weight excluding hydrogens is 219 g/mol. The van der Waals surface area contributed by atoms with Crippen molar-refractivity contribution >= 4 is 0 Å². The van der Waals surface area contributed by atoms with Crippen LogP contribution in [0.4, 0.5) is 4.39 Å². The first-order chi connectivity index (χ1) is 8.09. The van der Waals surface area contributed by atoms with Crippen molar-refractivity contribution in [2.45, 2.75) is 38.8 Å². The summed E-state index contributed by atoms with van der Waals surface area (Å²) < 4.78 is 19.5. The highest BCUT2D eigenvalue weighted by molar-refractivity contribution is 5.23. The average Bonchev–Trinajstić information content (AvgIpc) is 2.33. The second-order valence-corrected chi connectivity index (χ2v) is 4.22. The van der Waals surface area contributed by atoms with Gasteiger partial charge in [0.15, 0.2) is 0 Å². The molecule has 0 spiro atoms. The number of hydrazine groups is 1. The molecule has 2 atom stereocenters. The monoisotopic (exact) mass is 240 g/mol. The first-order valence-electron chi connectivity index (χ1n) is 5.93. The van der Waals surface area contributed by atoms with Gasteiger partial charge < -0.3 is 4.74 Å². The van der Waals surface area contributed by atoms with Gasteiger partial charge in [0.05, 0.1) is 11.6 Å². The second kappa shape index (κ2) is 6.10. The SMILES string of the molecule is CCOC(C)(CC)C(NN)c1ccccc1F. The maximum atomic E-state index is 13.8. The van der Waals surface area contributed by atoms with Crippen molar-refractivity contribution in [1.82, 2.24) is 5.43 Å². The summed E-state index contributed by atoms with van der Waals surface area (Å²) in [7, 11) is 0. The Labute approximate surface area is 102 Å². The largest absolute Gasteiger partial charge is 0.374 e. The number of benzene rings is 1. The fraction of sp³-hybridized carbons (Fsp3) is 0.538. The van der Waals surface area contributed by atoms with E-state index in [0.717, 1.165) is 6.42 Å². The molecule has 3 N–H and O–H groups in total. The van der Waals surface area contributed by atoms with Crippen molar-refractivity contribution in [1.29, 1.82) is 0 Å². The lowest BCUT2D eigenvalue weighted by Crippen LogP contribution is -2.46. The van der Waals surface area contributed by atoms with Crippen molar-refractivity contribution in [3.8, 4) is 0 Å². The van der Waals surface area contributed by atoms with Crippen LogP contribution in [0.2, 0.25) is 0 Å². The maximum Gasteiger partial charge on any atom is 0.128 e. The van der Waals surface area contributed by atoms with E-state index in [1.165, 1.54) is 6.07 Å². The lowest BCUT2D eigenvalue weighted by atomic mass is 9.88. The molecule has 0 bridgehead atoms. The zero-order valence-electron chi connectivity index (χ0n) is 10.7. The molecule has 0 fully saturated rings. The van der Waals surface area contributed by atoms with E-state index in [1.807, 2.05) is 20.8 Å². The number of halogens is 1. The Bertz CT molecular complexity index is 359. The van der Waals surface area contributed by atoms with E-state index in [2.05, 4.69) is 5.43 Å². The number of rotatable bonds is 6. The smallest absolute Gasteiger partial charge is 0.128 e. The van der Waals surface area contributed by atoms with Crippen LogP contribution >= 0.6 is 0 Å². The number of hydrogen-bond donors (Lipinski definition) is 2. The van der Waals surface area contributed by atoms with E-state index < -0.39 is 5.60 Å². The summed E-state index contributed by atoms with van der Waals surface area (Å²) in [5.41, 5.74) is 2.68. The fourth-order valence-electron chi connectivity index (χ4n) is 2.02. The second-order valence-electron chi connectivity index (χ2n) is 4.22. The van der Waals surface area contributed by atoms with E-state index in [0.29, 0.717) is 12.2 Å². The van der Waals surface area contributed by atoms with Gasteiger partial charge in [-0.1, -0.05) is 25.1 Å². The Morgan fingerprint density at radius 1 is 1.41 bits per heavy atom. The molecule has 1 aromatic carbocycles. The Morgan fingerprint density at radius 2 is 2.06 bits per heavy atom. The zero-order valence-corrected chi connectivity index (χ0v) is 10.7. The van der Waals surface area contributed by atoms with E-state index in [4.69, 9.17) is 10.6 Å². The van der Waals surface area contributed by atoms with Gasteiger partial charge >= 0.3 is 0 Å².